The second-order valence-corrected chi connectivity index (χ2v) is 4.52. The second-order valence-electron chi connectivity index (χ2n) is 4.52. The van der Waals surface area contributed by atoms with E-state index < -0.39 is 0 Å². The maximum absolute atomic E-state index is 5.98. The number of fused-ring (bicyclic) bond motifs is 3. The molecule has 1 aromatic carbocycles. The minimum Gasteiger partial charge on any atom is -0.382 e. The predicted molar refractivity (Wildman–Crippen MR) is 74.4 cm³/mol. The van der Waals surface area contributed by atoms with Crippen LogP contribution in [0.2, 0.25) is 0 Å². The lowest BCUT2D eigenvalue weighted by Crippen LogP contribution is -1.98. The van der Waals surface area contributed by atoms with Crippen LogP contribution in [0.25, 0.3) is 21.8 Å². The Kier molecular flexibility index (Phi) is 2.63. The highest BCUT2D eigenvalue weighted by Gasteiger charge is 2.09. The maximum Gasteiger partial charge on any atom is 0.152 e. The van der Waals surface area contributed by atoms with Gasteiger partial charge in [0.25, 0.3) is 0 Å². The number of unbranched alkanes of at least 4 members (excludes halogenated alkanes) is 1. The van der Waals surface area contributed by atoms with Gasteiger partial charge in [0, 0.05) is 23.5 Å². The van der Waals surface area contributed by atoms with Crippen LogP contribution >= 0.6 is 0 Å². The molecule has 3 aromatic rings. The van der Waals surface area contributed by atoms with Gasteiger partial charge < -0.3 is 5.73 Å². The van der Waals surface area contributed by atoms with E-state index in [4.69, 9.17) is 5.73 Å². The number of aryl methyl sites for hydroxylation is 1. The van der Waals surface area contributed by atoms with E-state index in [0.29, 0.717) is 5.82 Å². The van der Waals surface area contributed by atoms with Crippen LogP contribution in [0.3, 0.4) is 0 Å². The van der Waals surface area contributed by atoms with Crippen molar-refractivity contribution in [3.8, 4) is 0 Å². The number of nitrogen functional groups attached to an aromatic ring is 1. The van der Waals surface area contributed by atoms with Gasteiger partial charge >= 0.3 is 0 Å². The first-order valence-electron chi connectivity index (χ1n) is 6.31. The molecule has 2 heterocycles. The van der Waals surface area contributed by atoms with Gasteiger partial charge in [0.1, 0.15) is 5.52 Å². The molecule has 3 rings (SSSR count). The lowest BCUT2D eigenvalue weighted by molar-refractivity contribution is 0.577. The molecule has 4 heteroatoms. The molecule has 0 unspecified atom stereocenters. The Morgan fingerprint density at radius 2 is 2.06 bits per heavy atom. The first-order chi connectivity index (χ1) is 8.79. The van der Waals surface area contributed by atoms with Crippen LogP contribution in [-0.2, 0) is 6.54 Å². The van der Waals surface area contributed by atoms with E-state index in [1.165, 1.54) is 0 Å². The number of para-hydroxylation sites is 1. The third-order valence-electron chi connectivity index (χ3n) is 3.18. The zero-order valence-electron chi connectivity index (χ0n) is 10.4. The van der Waals surface area contributed by atoms with Crippen molar-refractivity contribution >= 4 is 27.6 Å². The predicted octanol–water partition coefficient (Wildman–Crippen LogP) is 2.97. The van der Waals surface area contributed by atoms with Gasteiger partial charge in [-0.15, -0.1) is 0 Å². The van der Waals surface area contributed by atoms with Gasteiger partial charge in [-0.1, -0.05) is 31.5 Å². The van der Waals surface area contributed by atoms with E-state index >= 15 is 0 Å². The first kappa shape index (κ1) is 11.0. The van der Waals surface area contributed by atoms with Crippen LogP contribution in [0, 0.1) is 0 Å². The van der Waals surface area contributed by atoms with E-state index in [9.17, 15) is 0 Å². The van der Waals surface area contributed by atoms with Gasteiger partial charge in [-0.3, -0.25) is 4.68 Å². The monoisotopic (exact) mass is 240 g/mol. The topological polar surface area (TPSA) is 56.7 Å². The number of benzene rings is 1. The van der Waals surface area contributed by atoms with Gasteiger partial charge in [0.05, 0.1) is 5.52 Å². The highest BCUT2D eigenvalue weighted by atomic mass is 15.3. The first-order valence-corrected chi connectivity index (χ1v) is 6.31. The van der Waals surface area contributed by atoms with Gasteiger partial charge in [0.15, 0.2) is 5.82 Å². The Morgan fingerprint density at radius 3 is 2.89 bits per heavy atom. The lowest BCUT2D eigenvalue weighted by atomic mass is 10.1. The van der Waals surface area contributed by atoms with E-state index in [-0.39, 0.29) is 0 Å². The molecule has 2 N–H and O–H groups in total. The highest BCUT2D eigenvalue weighted by Crippen LogP contribution is 2.26. The minimum atomic E-state index is 0.513. The fraction of sp³-hybridized carbons (Fsp3) is 0.286. The summed E-state index contributed by atoms with van der Waals surface area (Å²) in [5, 5.41) is 6.74. The number of aromatic nitrogens is 3. The summed E-state index contributed by atoms with van der Waals surface area (Å²) in [6.45, 7) is 3.10. The van der Waals surface area contributed by atoms with Crippen LogP contribution < -0.4 is 5.73 Å². The van der Waals surface area contributed by atoms with Gasteiger partial charge in [-0.2, -0.15) is 5.10 Å². The average molecular weight is 240 g/mol. The van der Waals surface area contributed by atoms with Crippen molar-refractivity contribution in [1.82, 2.24) is 14.8 Å². The van der Waals surface area contributed by atoms with Crippen molar-refractivity contribution in [3.63, 3.8) is 0 Å². The van der Waals surface area contributed by atoms with Crippen molar-refractivity contribution in [1.29, 1.82) is 0 Å². The molecule has 0 atom stereocenters. The van der Waals surface area contributed by atoms with Crippen molar-refractivity contribution < 1.29 is 0 Å². The molecule has 18 heavy (non-hydrogen) atoms. The number of hydrogen-bond acceptors (Lipinski definition) is 3. The smallest absolute Gasteiger partial charge is 0.152 e. The Morgan fingerprint density at radius 1 is 1.22 bits per heavy atom. The number of pyridine rings is 1. The van der Waals surface area contributed by atoms with E-state index in [2.05, 4.69) is 29.3 Å². The van der Waals surface area contributed by atoms with E-state index in [1.54, 1.807) is 0 Å². The summed E-state index contributed by atoms with van der Waals surface area (Å²) >= 11 is 0. The summed E-state index contributed by atoms with van der Waals surface area (Å²) in [7, 11) is 0. The molecule has 0 aliphatic rings. The molecule has 0 saturated heterocycles. The minimum absolute atomic E-state index is 0.513. The van der Waals surface area contributed by atoms with Crippen LogP contribution in [-0.4, -0.2) is 14.8 Å². The number of hydrogen-bond donors (Lipinski definition) is 1. The number of rotatable bonds is 3. The normalized spacial score (nSPS) is 11.4. The van der Waals surface area contributed by atoms with Crippen molar-refractivity contribution in [2.45, 2.75) is 26.3 Å². The molecule has 0 amide bonds. The lowest BCUT2D eigenvalue weighted by Gasteiger charge is -1.99. The molecule has 0 radical (unpaired) electrons. The van der Waals surface area contributed by atoms with Crippen molar-refractivity contribution in [2.24, 2.45) is 0 Å². The molecular formula is C14H16N4. The number of anilines is 1. The Balaban J connectivity index is 2.24. The third-order valence-corrected chi connectivity index (χ3v) is 3.18. The van der Waals surface area contributed by atoms with E-state index in [0.717, 1.165) is 41.2 Å². The van der Waals surface area contributed by atoms with Crippen molar-refractivity contribution in [2.75, 3.05) is 5.73 Å². The fourth-order valence-electron chi connectivity index (χ4n) is 2.22. The Hall–Kier alpha value is -2.10. The molecule has 0 saturated carbocycles. The zero-order chi connectivity index (χ0) is 12.5. The fourth-order valence-corrected chi connectivity index (χ4v) is 2.22. The highest BCUT2D eigenvalue weighted by molar-refractivity contribution is 6.07. The SMILES string of the molecule is CCCCn1cc2c(n1)c(N)nc1ccccc12. The molecule has 92 valence electrons. The molecule has 0 aliphatic carbocycles. The summed E-state index contributed by atoms with van der Waals surface area (Å²) in [5.41, 5.74) is 7.72. The van der Waals surface area contributed by atoms with Gasteiger partial charge in [-0.05, 0) is 12.5 Å². The Labute approximate surface area is 105 Å². The van der Waals surface area contributed by atoms with Crippen LogP contribution in [0.4, 0.5) is 5.82 Å². The molecule has 0 aliphatic heterocycles. The van der Waals surface area contributed by atoms with Crippen LogP contribution in [0.1, 0.15) is 19.8 Å². The molecule has 2 aromatic heterocycles. The summed E-state index contributed by atoms with van der Waals surface area (Å²) in [6, 6.07) is 8.04. The molecule has 0 fully saturated rings. The average Bonchev–Trinajstić information content (AvgIpc) is 2.81. The standard InChI is InChI=1S/C14H16N4/c1-2-3-8-18-9-11-10-6-4-5-7-12(10)16-14(15)13(11)17-18/h4-7,9H,2-3,8H2,1H3,(H2,15,16). The van der Waals surface area contributed by atoms with Crippen LogP contribution in [0.5, 0.6) is 0 Å². The van der Waals surface area contributed by atoms with E-state index in [1.807, 2.05) is 22.9 Å². The second kappa shape index (κ2) is 4.29. The van der Waals surface area contributed by atoms with Gasteiger partial charge in [0.2, 0.25) is 0 Å². The Bertz CT molecular complexity index is 699. The summed E-state index contributed by atoms with van der Waals surface area (Å²) in [4.78, 5) is 4.40. The number of nitrogens with zero attached hydrogens (tertiary/aromatic N) is 3. The summed E-state index contributed by atoms with van der Waals surface area (Å²) in [6.07, 6.45) is 4.36. The number of nitrogens with two attached hydrogens (primary N) is 1. The zero-order valence-corrected chi connectivity index (χ0v) is 10.4. The molecule has 0 bridgehead atoms. The summed E-state index contributed by atoms with van der Waals surface area (Å²) < 4.78 is 1.97. The molecule has 0 spiro atoms. The third kappa shape index (κ3) is 1.70. The van der Waals surface area contributed by atoms with Gasteiger partial charge in [-0.25, -0.2) is 4.98 Å². The maximum atomic E-state index is 5.98. The largest absolute Gasteiger partial charge is 0.382 e. The van der Waals surface area contributed by atoms with Crippen LogP contribution in [0.15, 0.2) is 30.5 Å². The van der Waals surface area contributed by atoms with Crippen molar-refractivity contribution in [3.05, 3.63) is 30.5 Å². The molecular weight excluding hydrogens is 224 g/mol. The summed E-state index contributed by atoms with van der Waals surface area (Å²) in [5.74, 6) is 0.513. The quantitative estimate of drug-likeness (QED) is 0.765. The molecule has 4 nitrogen and oxygen atoms in total.